The van der Waals surface area contributed by atoms with Gasteiger partial charge in [-0.2, -0.15) is 0 Å². The molecule has 1 aliphatic carbocycles. The highest BCUT2D eigenvalue weighted by molar-refractivity contribution is 7.92. The summed E-state index contributed by atoms with van der Waals surface area (Å²) < 4.78 is 35.0. The van der Waals surface area contributed by atoms with Crippen molar-refractivity contribution in [2.45, 2.75) is 76.4 Å². The van der Waals surface area contributed by atoms with Crippen LogP contribution in [-0.2, 0) is 26.2 Å². The minimum absolute atomic E-state index is 0.0534. The third-order valence-corrected chi connectivity index (χ3v) is 9.54. The van der Waals surface area contributed by atoms with Gasteiger partial charge >= 0.3 is 0 Å². The molecule has 1 atom stereocenters. The van der Waals surface area contributed by atoms with Gasteiger partial charge in [0.2, 0.25) is 11.8 Å². The molecule has 9 heteroatoms. The van der Waals surface area contributed by atoms with E-state index in [1.807, 2.05) is 38.1 Å². The number of sulfonamides is 1. The lowest BCUT2D eigenvalue weighted by Crippen LogP contribution is -2.53. The van der Waals surface area contributed by atoms with Gasteiger partial charge in [-0.15, -0.1) is 0 Å². The highest BCUT2D eigenvalue weighted by Crippen LogP contribution is 2.33. The maximum atomic E-state index is 14.2. The second kappa shape index (κ2) is 14.4. The summed E-state index contributed by atoms with van der Waals surface area (Å²) in [6.07, 6.45) is 5.13. The van der Waals surface area contributed by atoms with E-state index < -0.39 is 28.5 Å². The predicted molar refractivity (Wildman–Crippen MR) is 165 cm³/mol. The number of ether oxygens (including phenoxy) is 1. The van der Waals surface area contributed by atoms with Crippen molar-refractivity contribution in [3.8, 4) is 5.75 Å². The van der Waals surface area contributed by atoms with Gasteiger partial charge in [-0.25, -0.2) is 8.42 Å². The molecule has 0 spiro atoms. The van der Waals surface area contributed by atoms with Crippen molar-refractivity contribution in [1.82, 2.24) is 10.2 Å². The third kappa shape index (κ3) is 7.50. The van der Waals surface area contributed by atoms with E-state index in [-0.39, 0.29) is 29.1 Å². The first-order valence-corrected chi connectivity index (χ1v) is 16.1. The fourth-order valence-corrected chi connectivity index (χ4v) is 6.74. The average Bonchev–Trinajstić information content (AvgIpc) is 3.00. The number of aryl methyl sites for hydroxylation is 1. The van der Waals surface area contributed by atoms with Crippen LogP contribution in [-0.4, -0.2) is 50.4 Å². The van der Waals surface area contributed by atoms with E-state index in [4.69, 9.17) is 4.74 Å². The normalized spacial score (nSPS) is 14.5. The van der Waals surface area contributed by atoms with Crippen LogP contribution in [0.5, 0.6) is 5.75 Å². The Balaban J connectivity index is 1.71. The SMILES string of the molecule is CCOc1ccccc1N(CC(=O)N(Cc1ccccc1C)[C@H](C)C(=O)NC1CCCCC1)S(=O)(=O)c1ccccc1. The highest BCUT2D eigenvalue weighted by Gasteiger charge is 2.34. The summed E-state index contributed by atoms with van der Waals surface area (Å²) in [6.45, 7) is 5.45. The predicted octanol–water partition coefficient (Wildman–Crippen LogP) is 5.46. The molecule has 42 heavy (non-hydrogen) atoms. The zero-order valence-corrected chi connectivity index (χ0v) is 25.5. The topological polar surface area (TPSA) is 96.0 Å². The fraction of sp³-hybridized carbons (Fsp3) is 0.394. The van der Waals surface area contributed by atoms with Crippen LogP contribution in [0.1, 0.15) is 57.1 Å². The third-order valence-electron chi connectivity index (χ3n) is 7.76. The van der Waals surface area contributed by atoms with Gasteiger partial charge in [0.15, 0.2) is 0 Å². The molecule has 0 saturated heterocycles. The van der Waals surface area contributed by atoms with Crippen LogP contribution < -0.4 is 14.4 Å². The lowest BCUT2D eigenvalue weighted by molar-refractivity contribution is -0.139. The van der Waals surface area contributed by atoms with E-state index >= 15 is 0 Å². The molecule has 4 rings (SSSR count). The summed E-state index contributed by atoms with van der Waals surface area (Å²) in [5, 5.41) is 3.14. The zero-order chi connectivity index (χ0) is 30.1. The van der Waals surface area contributed by atoms with Crippen LogP contribution in [0.2, 0.25) is 0 Å². The molecular weight excluding hydrogens is 550 g/mol. The average molecular weight is 592 g/mol. The molecule has 0 heterocycles. The molecule has 0 bridgehead atoms. The highest BCUT2D eigenvalue weighted by atomic mass is 32.2. The number of carbonyl (C=O) groups is 2. The van der Waals surface area contributed by atoms with Crippen molar-refractivity contribution in [2.75, 3.05) is 17.5 Å². The summed E-state index contributed by atoms with van der Waals surface area (Å²) in [4.78, 5) is 29.3. The number of hydrogen-bond donors (Lipinski definition) is 1. The molecule has 0 unspecified atom stereocenters. The Labute approximate surface area is 249 Å². The Morgan fingerprint density at radius 3 is 2.26 bits per heavy atom. The standard InChI is InChI=1S/C33H41N3O5S/c1-4-41-31-22-14-13-21-30(31)36(42(39,40)29-19-9-6-10-20-29)24-32(37)35(23-27-16-12-11-15-25(27)2)26(3)33(38)34-28-17-7-5-8-18-28/h6,9-16,19-22,26,28H,4-5,7-8,17-18,23-24H2,1-3H3,(H,34,38)/t26-/m1/s1. The second-order valence-electron chi connectivity index (χ2n) is 10.7. The van der Waals surface area contributed by atoms with E-state index in [1.165, 1.54) is 17.0 Å². The van der Waals surface area contributed by atoms with Gasteiger partial charge in [0.05, 0.1) is 17.2 Å². The Hall–Kier alpha value is -3.85. The van der Waals surface area contributed by atoms with Crippen molar-refractivity contribution in [3.05, 3.63) is 90.0 Å². The second-order valence-corrected chi connectivity index (χ2v) is 12.6. The van der Waals surface area contributed by atoms with Gasteiger partial charge in [0, 0.05) is 12.6 Å². The first kappa shape index (κ1) is 31.1. The Morgan fingerprint density at radius 1 is 0.929 bits per heavy atom. The van der Waals surface area contributed by atoms with Crippen LogP contribution in [0.3, 0.4) is 0 Å². The summed E-state index contributed by atoms with van der Waals surface area (Å²) >= 11 is 0. The van der Waals surface area contributed by atoms with Crippen molar-refractivity contribution in [1.29, 1.82) is 0 Å². The lowest BCUT2D eigenvalue weighted by Gasteiger charge is -2.33. The Morgan fingerprint density at radius 2 is 1.57 bits per heavy atom. The number of carbonyl (C=O) groups excluding carboxylic acids is 2. The molecule has 1 aliphatic rings. The molecule has 8 nitrogen and oxygen atoms in total. The van der Waals surface area contributed by atoms with Crippen LogP contribution >= 0.6 is 0 Å². The smallest absolute Gasteiger partial charge is 0.264 e. The van der Waals surface area contributed by atoms with Crippen LogP contribution in [0, 0.1) is 6.92 Å². The molecule has 0 aliphatic heterocycles. The van der Waals surface area contributed by atoms with Gasteiger partial charge in [0.1, 0.15) is 18.3 Å². The van der Waals surface area contributed by atoms with Gasteiger partial charge in [-0.05, 0) is 69.0 Å². The monoisotopic (exact) mass is 591 g/mol. The largest absolute Gasteiger partial charge is 0.492 e. The van der Waals surface area contributed by atoms with Crippen molar-refractivity contribution >= 4 is 27.5 Å². The summed E-state index contributed by atoms with van der Waals surface area (Å²) in [7, 11) is -4.17. The molecular formula is C33H41N3O5S. The van der Waals surface area contributed by atoms with Gasteiger partial charge in [-0.1, -0.05) is 73.9 Å². The van der Waals surface area contributed by atoms with Crippen LogP contribution in [0.4, 0.5) is 5.69 Å². The van der Waals surface area contributed by atoms with Crippen molar-refractivity contribution < 1.29 is 22.7 Å². The van der Waals surface area contributed by atoms with Gasteiger partial charge in [0.25, 0.3) is 10.0 Å². The number of nitrogens with zero attached hydrogens (tertiary/aromatic N) is 2. The molecule has 3 aromatic carbocycles. The number of nitrogens with one attached hydrogen (secondary N) is 1. The maximum absolute atomic E-state index is 14.2. The number of anilines is 1. The minimum atomic E-state index is -4.17. The quantitative estimate of drug-likeness (QED) is 0.302. The molecule has 0 aromatic heterocycles. The lowest BCUT2D eigenvalue weighted by atomic mass is 9.95. The first-order valence-electron chi connectivity index (χ1n) is 14.7. The van der Waals surface area contributed by atoms with Crippen LogP contribution in [0.25, 0.3) is 0 Å². The number of hydrogen-bond acceptors (Lipinski definition) is 5. The molecule has 2 amide bonds. The van der Waals surface area contributed by atoms with Gasteiger partial charge in [-0.3, -0.25) is 13.9 Å². The first-order chi connectivity index (χ1) is 20.2. The summed E-state index contributed by atoms with van der Waals surface area (Å²) in [5.41, 5.74) is 2.12. The van der Waals surface area contributed by atoms with Crippen molar-refractivity contribution in [2.24, 2.45) is 0 Å². The summed E-state index contributed by atoms with van der Waals surface area (Å²) in [6, 6.07) is 21.7. The molecule has 224 valence electrons. The Bertz CT molecular complexity index is 1460. The number of amides is 2. The van der Waals surface area contributed by atoms with E-state index in [0.29, 0.717) is 12.4 Å². The van der Waals surface area contributed by atoms with E-state index in [1.54, 1.807) is 49.4 Å². The fourth-order valence-electron chi connectivity index (χ4n) is 5.30. The Kier molecular flexibility index (Phi) is 10.6. The van der Waals surface area contributed by atoms with Crippen molar-refractivity contribution in [3.63, 3.8) is 0 Å². The molecule has 1 fully saturated rings. The minimum Gasteiger partial charge on any atom is -0.492 e. The number of rotatable bonds is 12. The zero-order valence-electron chi connectivity index (χ0n) is 24.7. The summed E-state index contributed by atoms with van der Waals surface area (Å²) in [5.74, 6) is -0.382. The van der Waals surface area contributed by atoms with E-state index in [9.17, 15) is 18.0 Å². The molecule has 1 saturated carbocycles. The number of para-hydroxylation sites is 2. The van der Waals surface area contributed by atoms with E-state index in [2.05, 4.69) is 5.32 Å². The molecule has 3 aromatic rings. The van der Waals surface area contributed by atoms with Crippen LogP contribution in [0.15, 0.2) is 83.8 Å². The molecule has 0 radical (unpaired) electrons. The van der Waals surface area contributed by atoms with E-state index in [0.717, 1.165) is 47.5 Å². The maximum Gasteiger partial charge on any atom is 0.264 e. The molecule has 1 N–H and O–H groups in total. The number of benzene rings is 3. The van der Waals surface area contributed by atoms with Gasteiger partial charge < -0.3 is 15.0 Å².